The number of benzene rings is 2. The van der Waals surface area contributed by atoms with Gasteiger partial charge < -0.3 is 19.7 Å². The molecule has 2 heterocycles. The molecule has 0 unspecified atom stereocenters. The van der Waals surface area contributed by atoms with Crippen molar-refractivity contribution in [2.45, 2.75) is 12.0 Å². The minimum Gasteiger partial charge on any atom is -0.493 e. The van der Waals surface area contributed by atoms with Crippen LogP contribution in [0.3, 0.4) is 0 Å². The maximum Gasteiger partial charge on any atom is 0.254 e. The SMILES string of the molecule is COc1cc2c(cc1OC)[C@@H](C(=O)Nc1ccc(F)cc1)[C@H](c1cccs1)N(C)C2=O. The average Bonchev–Trinajstić information content (AvgIpc) is 3.31. The highest BCUT2D eigenvalue weighted by Crippen LogP contribution is 2.46. The van der Waals surface area contributed by atoms with Crippen molar-refractivity contribution >= 4 is 28.8 Å². The zero-order valence-corrected chi connectivity index (χ0v) is 18.0. The lowest BCUT2D eigenvalue weighted by Crippen LogP contribution is -2.43. The number of nitrogens with zero attached hydrogens (tertiary/aromatic N) is 1. The van der Waals surface area contributed by atoms with Crippen molar-refractivity contribution in [1.82, 2.24) is 4.90 Å². The van der Waals surface area contributed by atoms with Gasteiger partial charge in [-0.25, -0.2) is 4.39 Å². The summed E-state index contributed by atoms with van der Waals surface area (Å²) in [6.45, 7) is 0. The number of halogens is 1. The van der Waals surface area contributed by atoms with Crippen LogP contribution in [0.4, 0.5) is 10.1 Å². The largest absolute Gasteiger partial charge is 0.493 e. The predicted octanol–water partition coefficient (Wildman–Crippen LogP) is 4.45. The first-order chi connectivity index (χ1) is 14.9. The number of fused-ring (bicyclic) bond motifs is 1. The van der Waals surface area contributed by atoms with Crippen molar-refractivity contribution in [3.05, 3.63) is 75.7 Å². The van der Waals surface area contributed by atoms with Gasteiger partial charge in [-0.2, -0.15) is 0 Å². The molecule has 0 fully saturated rings. The number of nitrogens with one attached hydrogen (secondary N) is 1. The summed E-state index contributed by atoms with van der Waals surface area (Å²) in [6.07, 6.45) is 0. The molecule has 0 spiro atoms. The Hall–Kier alpha value is -3.39. The van der Waals surface area contributed by atoms with E-state index >= 15 is 0 Å². The van der Waals surface area contributed by atoms with Crippen LogP contribution in [0.5, 0.6) is 11.5 Å². The molecule has 0 radical (unpaired) electrons. The molecule has 31 heavy (non-hydrogen) atoms. The summed E-state index contributed by atoms with van der Waals surface area (Å²) < 4.78 is 24.1. The molecule has 2 amide bonds. The smallest absolute Gasteiger partial charge is 0.254 e. The number of rotatable bonds is 5. The highest BCUT2D eigenvalue weighted by molar-refractivity contribution is 7.10. The van der Waals surface area contributed by atoms with Crippen LogP contribution in [0, 0.1) is 5.82 Å². The third kappa shape index (κ3) is 3.74. The number of carbonyl (C=O) groups excluding carboxylic acids is 2. The monoisotopic (exact) mass is 440 g/mol. The van der Waals surface area contributed by atoms with Crippen molar-refractivity contribution in [3.8, 4) is 11.5 Å². The number of hydrogen-bond donors (Lipinski definition) is 1. The highest BCUT2D eigenvalue weighted by Gasteiger charge is 2.44. The molecule has 2 atom stereocenters. The molecule has 0 aliphatic carbocycles. The number of hydrogen-bond acceptors (Lipinski definition) is 5. The quantitative estimate of drug-likeness (QED) is 0.636. The molecular weight excluding hydrogens is 419 g/mol. The number of thiophene rings is 1. The Morgan fingerprint density at radius 3 is 2.39 bits per heavy atom. The van der Waals surface area contributed by atoms with E-state index in [0.717, 1.165) is 4.88 Å². The first-order valence-electron chi connectivity index (χ1n) is 9.57. The van der Waals surface area contributed by atoms with E-state index in [1.807, 2.05) is 17.5 Å². The number of methoxy groups -OCH3 is 2. The molecule has 1 N–H and O–H groups in total. The van der Waals surface area contributed by atoms with Gasteiger partial charge in [0.05, 0.1) is 26.2 Å². The van der Waals surface area contributed by atoms with Gasteiger partial charge >= 0.3 is 0 Å². The van der Waals surface area contributed by atoms with E-state index in [0.29, 0.717) is 28.3 Å². The first-order valence-corrected chi connectivity index (χ1v) is 10.5. The van der Waals surface area contributed by atoms with Crippen LogP contribution in [0.1, 0.15) is 32.8 Å². The molecule has 0 bridgehead atoms. The molecule has 0 saturated carbocycles. The number of anilines is 1. The fourth-order valence-corrected chi connectivity index (χ4v) is 4.80. The van der Waals surface area contributed by atoms with Crippen LogP contribution in [0.2, 0.25) is 0 Å². The van der Waals surface area contributed by atoms with E-state index in [1.54, 1.807) is 24.1 Å². The topological polar surface area (TPSA) is 67.9 Å². The Labute approximate surface area is 183 Å². The van der Waals surface area contributed by atoms with Gasteiger partial charge in [-0.05, 0) is 53.4 Å². The van der Waals surface area contributed by atoms with Gasteiger partial charge in [0, 0.05) is 23.2 Å². The summed E-state index contributed by atoms with van der Waals surface area (Å²) in [5.41, 5.74) is 1.41. The Bertz CT molecular complexity index is 1120. The Morgan fingerprint density at radius 1 is 1.10 bits per heavy atom. The summed E-state index contributed by atoms with van der Waals surface area (Å²) >= 11 is 1.48. The Kier molecular flexibility index (Phi) is 5.65. The van der Waals surface area contributed by atoms with Crippen molar-refractivity contribution in [1.29, 1.82) is 0 Å². The number of carbonyl (C=O) groups is 2. The summed E-state index contributed by atoms with van der Waals surface area (Å²) in [5.74, 6) is -0.766. The Morgan fingerprint density at radius 2 is 1.77 bits per heavy atom. The normalized spacial score (nSPS) is 17.8. The van der Waals surface area contributed by atoms with Gasteiger partial charge in [0.1, 0.15) is 5.82 Å². The van der Waals surface area contributed by atoms with Gasteiger partial charge in [0.25, 0.3) is 5.91 Å². The fourth-order valence-electron chi connectivity index (χ4n) is 3.90. The summed E-state index contributed by atoms with van der Waals surface area (Å²) in [7, 11) is 4.68. The van der Waals surface area contributed by atoms with Crippen LogP contribution in [-0.4, -0.2) is 38.0 Å². The van der Waals surface area contributed by atoms with Crippen molar-refractivity contribution in [3.63, 3.8) is 0 Å². The number of ether oxygens (including phenoxy) is 2. The minimum absolute atomic E-state index is 0.208. The van der Waals surface area contributed by atoms with Crippen LogP contribution in [0.25, 0.3) is 0 Å². The fraction of sp³-hybridized carbons (Fsp3) is 0.217. The first kappa shape index (κ1) is 20.9. The average molecular weight is 440 g/mol. The molecule has 160 valence electrons. The Balaban J connectivity index is 1.85. The lowest BCUT2D eigenvalue weighted by molar-refractivity contribution is -0.119. The van der Waals surface area contributed by atoms with Crippen LogP contribution >= 0.6 is 11.3 Å². The zero-order valence-electron chi connectivity index (χ0n) is 17.2. The number of likely N-dealkylation sites (N-methyl/N-ethyl adjacent to an activating group) is 1. The van der Waals surface area contributed by atoms with Gasteiger partial charge in [-0.3, -0.25) is 9.59 Å². The molecule has 1 aliphatic heterocycles. The highest BCUT2D eigenvalue weighted by atomic mass is 32.1. The van der Waals surface area contributed by atoms with Crippen LogP contribution in [-0.2, 0) is 4.79 Å². The van der Waals surface area contributed by atoms with Crippen molar-refractivity contribution in [2.24, 2.45) is 0 Å². The maximum atomic E-state index is 13.5. The summed E-state index contributed by atoms with van der Waals surface area (Å²) in [5, 5.41) is 4.77. The lowest BCUT2D eigenvalue weighted by Gasteiger charge is -2.39. The summed E-state index contributed by atoms with van der Waals surface area (Å²) in [6, 6.07) is 12.2. The van der Waals surface area contributed by atoms with Crippen LogP contribution in [0.15, 0.2) is 53.9 Å². The molecule has 2 aromatic carbocycles. The third-order valence-electron chi connectivity index (χ3n) is 5.40. The molecule has 3 aromatic rings. The molecule has 1 aromatic heterocycles. The van der Waals surface area contributed by atoms with E-state index in [1.165, 1.54) is 49.8 Å². The standard InChI is InChI=1S/C23H21FN2O4S/c1-26-21(19-5-4-10-31-19)20(22(27)25-14-8-6-13(24)7-9-14)15-11-17(29-2)18(30-3)12-16(15)23(26)28/h4-12,20-21H,1-3H3,(H,25,27)/t20-,21+/m1/s1. The van der Waals surface area contributed by atoms with E-state index in [9.17, 15) is 14.0 Å². The minimum atomic E-state index is -0.707. The van der Waals surface area contributed by atoms with Gasteiger partial charge in [-0.15, -0.1) is 11.3 Å². The van der Waals surface area contributed by atoms with E-state index in [-0.39, 0.29) is 17.6 Å². The van der Waals surface area contributed by atoms with Crippen LogP contribution < -0.4 is 14.8 Å². The second-order valence-electron chi connectivity index (χ2n) is 7.14. The van der Waals surface area contributed by atoms with E-state index in [2.05, 4.69) is 5.32 Å². The van der Waals surface area contributed by atoms with Crippen molar-refractivity contribution < 1.29 is 23.5 Å². The zero-order chi connectivity index (χ0) is 22.1. The maximum absolute atomic E-state index is 13.5. The molecule has 4 rings (SSSR count). The molecular formula is C23H21FN2O4S. The second kappa shape index (κ2) is 8.39. The second-order valence-corrected chi connectivity index (χ2v) is 8.12. The molecule has 8 heteroatoms. The summed E-state index contributed by atoms with van der Waals surface area (Å²) in [4.78, 5) is 29.2. The molecule has 0 saturated heterocycles. The van der Waals surface area contributed by atoms with E-state index in [4.69, 9.17) is 9.47 Å². The number of amides is 2. The lowest BCUT2D eigenvalue weighted by atomic mass is 9.81. The van der Waals surface area contributed by atoms with Gasteiger partial charge in [0.2, 0.25) is 5.91 Å². The van der Waals surface area contributed by atoms with E-state index < -0.39 is 12.0 Å². The molecule has 6 nitrogen and oxygen atoms in total. The van der Waals surface area contributed by atoms with Gasteiger partial charge in [-0.1, -0.05) is 6.07 Å². The third-order valence-corrected chi connectivity index (χ3v) is 6.35. The molecule has 1 aliphatic rings. The van der Waals surface area contributed by atoms with Gasteiger partial charge in [0.15, 0.2) is 11.5 Å². The van der Waals surface area contributed by atoms with Crippen molar-refractivity contribution in [2.75, 3.05) is 26.6 Å². The predicted molar refractivity (Wildman–Crippen MR) is 116 cm³/mol.